The van der Waals surface area contributed by atoms with Gasteiger partial charge in [-0.2, -0.15) is 0 Å². The van der Waals surface area contributed by atoms with Crippen LogP contribution in [0.3, 0.4) is 0 Å². The van der Waals surface area contributed by atoms with Gasteiger partial charge < -0.3 is 10.6 Å². The predicted octanol–water partition coefficient (Wildman–Crippen LogP) is 3.99. The molecule has 24 heavy (non-hydrogen) atoms. The number of urea groups is 1. The molecule has 0 radical (unpaired) electrons. The standard InChI is InChI=1S/C21H24N2O/c1-2-11-22-21(24)23-13-14-12-19-15-7-3-5-9-17(15)20(14)18-10-6-4-8-16(18)19/h3-10,14,19-20H,2,11-13H2,1H3,(H2,22,23,24)/t14-,19?,20?/m1/s1. The summed E-state index contributed by atoms with van der Waals surface area (Å²) in [5, 5.41) is 5.99. The Morgan fingerprint density at radius 3 is 2.12 bits per heavy atom. The van der Waals surface area contributed by atoms with Gasteiger partial charge in [-0.3, -0.25) is 0 Å². The van der Waals surface area contributed by atoms with E-state index in [9.17, 15) is 4.79 Å². The molecule has 1 atom stereocenters. The Labute approximate surface area is 143 Å². The molecule has 124 valence electrons. The molecule has 3 aliphatic carbocycles. The van der Waals surface area contributed by atoms with Crippen molar-refractivity contribution in [1.82, 2.24) is 10.6 Å². The third-order valence-corrected chi connectivity index (χ3v) is 5.48. The second kappa shape index (κ2) is 6.31. The van der Waals surface area contributed by atoms with Crippen LogP contribution in [0.4, 0.5) is 4.79 Å². The van der Waals surface area contributed by atoms with E-state index in [2.05, 4.69) is 66.1 Å². The minimum Gasteiger partial charge on any atom is -0.338 e. The molecule has 0 spiro atoms. The monoisotopic (exact) mass is 320 g/mol. The molecule has 2 aromatic carbocycles. The minimum absolute atomic E-state index is 0.0418. The molecule has 2 amide bonds. The van der Waals surface area contributed by atoms with Crippen molar-refractivity contribution in [2.24, 2.45) is 5.92 Å². The van der Waals surface area contributed by atoms with Gasteiger partial charge in [-0.05, 0) is 41.0 Å². The number of benzene rings is 2. The molecular weight excluding hydrogens is 296 g/mol. The summed E-state index contributed by atoms with van der Waals surface area (Å²) in [5.41, 5.74) is 5.86. The van der Waals surface area contributed by atoms with Crippen LogP contribution in [-0.2, 0) is 0 Å². The largest absolute Gasteiger partial charge is 0.338 e. The first kappa shape index (κ1) is 15.3. The van der Waals surface area contributed by atoms with Crippen molar-refractivity contribution in [3.8, 4) is 0 Å². The lowest BCUT2D eigenvalue weighted by Crippen LogP contribution is -2.43. The number of carbonyl (C=O) groups is 1. The Kier molecular flexibility index (Phi) is 4.01. The van der Waals surface area contributed by atoms with Crippen LogP contribution in [0, 0.1) is 5.92 Å². The Balaban J connectivity index is 1.60. The molecule has 0 saturated carbocycles. The van der Waals surface area contributed by atoms with Gasteiger partial charge in [-0.25, -0.2) is 4.79 Å². The highest BCUT2D eigenvalue weighted by Gasteiger charge is 2.42. The molecule has 0 aromatic heterocycles. The van der Waals surface area contributed by atoms with Gasteiger partial charge in [0, 0.05) is 24.9 Å². The second-order valence-corrected chi connectivity index (χ2v) is 6.92. The molecule has 0 aliphatic heterocycles. The van der Waals surface area contributed by atoms with Crippen molar-refractivity contribution in [1.29, 1.82) is 0 Å². The summed E-state index contributed by atoms with van der Waals surface area (Å²) in [6.07, 6.45) is 2.08. The average Bonchev–Trinajstić information content (AvgIpc) is 2.65. The number of hydrogen-bond donors (Lipinski definition) is 2. The fraction of sp³-hybridized carbons (Fsp3) is 0.381. The number of fused-ring (bicyclic) bond motifs is 1. The summed E-state index contributed by atoms with van der Waals surface area (Å²) in [6.45, 7) is 3.53. The van der Waals surface area contributed by atoms with E-state index >= 15 is 0 Å². The van der Waals surface area contributed by atoms with Gasteiger partial charge in [-0.15, -0.1) is 0 Å². The van der Waals surface area contributed by atoms with Crippen molar-refractivity contribution in [2.45, 2.75) is 31.6 Å². The highest BCUT2D eigenvalue weighted by atomic mass is 16.2. The molecule has 0 heterocycles. The van der Waals surface area contributed by atoms with E-state index < -0.39 is 0 Å². The molecule has 2 bridgehead atoms. The zero-order valence-corrected chi connectivity index (χ0v) is 14.1. The number of rotatable bonds is 4. The molecule has 0 fully saturated rings. The molecule has 2 N–H and O–H groups in total. The summed E-state index contributed by atoms with van der Waals surface area (Å²) in [5.74, 6) is 1.33. The van der Waals surface area contributed by atoms with Crippen molar-refractivity contribution in [3.05, 3.63) is 70.8 Å². The topological polar surface area (TPSA) is 41.1 Å². The van der Waals surface area contributed by atoms with Gasteiger partial charge in [0.05, 0.1) is 0 Å². The molecule has 2 aromatic rings. The number of amides is 2. The van der Waals surface area contributed by atoms with Crippen LogP contribution in [0.2, 0.25) is 0 Å². The molecule has 3 nitrogen and oxygen atoms in total. The lowest BCUT2D eigenvalue weighted by Gasteiger charge is -2.45. The summed E-state index contributed by atoms with van der Waals surface area (Å²) in [4.78, 5) is 11.9. The zero-order chi connectivity index (χ0) is 16.5. The summed E-state index contributed by atoms with van der Waals surface area (Å²) in [7, 11) is 0. The van der Waals surface area contributed by atoms with Crippen LogP contribution in [0.5, 0.6) is 0 Å². The molecule has 0 unspecified atom stereocenters. The Morgan fingerprint density at radius 1 is 0.958 bits per heavy atom. The van der Waals surface area contributed by atoms with Gasteiger partial charge in [0.2, 0.25) is 0 Å². The Morgan fingerprint density at radius 2 is 1.54 bits per heavy atom. The van der Waals surface area contributed by atoms with E-state index in [1.807, 2.05) is 0 Å². The lowest BCUT2D eigenvalue weighted by molar-refractivity contribution is 0.236. The van der Waals surface area contributed by atoms with Crippen LogP contribution >= 0.6 is 0 Å². The quantitative estimate of drug-likeness (QED) is 0.878. The van der Waals surface area contributed by atoms with Gasteiger partial charge in [0.25, 0.3) is 0 Å². The third kappa shape index (κ3) is 2.48. The third-order valence-electron chi connectivity index (χ3n) is 5.48. The fourth-order valence-electron chi connectivity index (χ4n) is 4.48. The van der Waals surface area contributed by atoms with E-state index in [1.54, 1.807) is 0 Å². The van der Waals surface area contributed by atoms with Crippen LogP contribution in [0.25, 0.3) is 0 Å². The summed E-state index contributed by atoms with van der Waals surface area (Å²) >= 11 is 0. The SMILES string of the molecule is CCCNC(=O)NC[C@H]1CC2c3ccccc3C1c1ccccc12. The average molecular weight is 320 g/mol. The van der Waals surface area contributed by atoms with Crippen LogP contribution in [0.1, 0.15) is 53.9 Å². The van der Waals surface area contributed by atoms with E-state index in [0.29, 0.717) is 17.8 Å². The maximum atomic E-state index is 11.9. The number of hydrogen-bond acceptors (Lipinski definition) is 1. The van der Waals surface area contributed by atoms with Gasteiger partial charge in [0.15, 0.2) is 0 Å². The smallest absolute Gasteiger partial charge is 0.314 e. The van der Waals surface area contributed by atoms with Gasteiger partial charge >= 0.3 is 6.03 Å². The molecule has 3 aliphatic rings. The normalized spacial score (nSPS) is 23.3. The predicted molar refractivity (Wildman–Crippen MR) is 96.4 cm³/mol. The first-order valence-electron chi connectivity index (χ1n) is 8.99. The van der Waals surface area contributed by atoms with Crippen molar-refractivity contribution < 1.29 is 4.79 Å². The van der Waals surface area contributed by atoms with Crippen LogP contribution < -0.4 is 10.6 Å². The van der Waals surface area contributed by atoms with Crippen molar-refractivity contribution in [3.63, 3.8) is 0 Å². The van der Waals surface area contributed by atoms with E-state index in [4.69, 9.17) is 0 Å². The first-order chi connectivity index (χ1) is 11.8. The Bertz CT molecular complexity index is 708. The molecule has 0 saturated heterocycles. The van der Waals surface area contributed by atoms with E-state index in [1.165, 1.54) is 22.3 Å². The molecule has 5 rings (SSSR count). The van der Waals surface area contributed by atoms with Gasteiger partial charge in [0.1, 0.15) is 0 Å². The van der Waals surface area contributed by atoms with Crippen molar-refractivity contribution >= 4 is 6.03 Å². The highest BCUT2D eigenvalue weighted by Crippen LogP contribution is 2.54. The minimum atomic E-state index is -0.0418. The molecular formula is C21H24N2O. The van der Waals surface area contributed by atoms with Crippen LogP contribution in [0.15, 0.2) is 48.5 Å². The summed E-state index contributed by atoms with van der Waals surface area (Å²) in [6, 6.07) is 17.6. The zero-order valence-electron chi connectivity index (χ0n) is 14.1. The van der Waals surface area contributed by atoms with Gasteiger partial charge in [-0.1, -0.05) is 55.5 Å². The summed E-state index contributed by atoms with van der Waals surface area (Å²) < 4.78 is 0. The lowest BCUT2D eigenvalue weighted by atomic mass is 9.59. The first-order valence-corrected chi connectivity index (χ1v) is 8.99. The van der Waals surface area contributed by atoms with Crippen molar-refractivity contribution in [2.75, 3.05) is 13.1 Å². The Hall–Kier alpha value is -2.29. The maximum absolute atomic E-state index is 11.9. The number of carbonyl (C=O) groups excluding carboxylic acids is 1. The van der Waals surface area contributed by atoms with E-state index in [0.717, 1.165) is 25.9 Å². The number of nitrogens with one attached hydrogen (secondary N) is 2. The molecule has 3 heteroatoms. The van der Waals surface area contributed by atoms with Crippen LogP contribution in [-0.4, -0.2) is 19.1 Å². The second-order valence-electron chi connectivity index (χ2n) is 6.92. The van der Waals surface area contributed by atoms with E-state index in [-0.39, 0.29) is 6.03 Å². The maximum Gasteiger partial charge on any atom is 0.314 e. The highest BCUT2D eigenvalue weighted by molar-refractivity contribution is 5.73. The fourth-order valence-corrected chi connectivity index (χ4v) is 4.48.